The standard InChI is InChI=1S/C37H44FN7O4/c1-22-19-45(20-23(2)40-22)21-25-13-27(15-31(46)14-25)26-6-5-7-32(16-26)49-37-33(17-28(38)18-39-37)35(47)41-29-8-10-30(11-9-29)42-36(48)34-12-24(3)44(4)43-34/h5-7,12-18,22-23,29-30,40,46H,8-11,19-21H2,1-4H3,(H,41,47)(H,42,48)/t22-,23+,29-,30-. The van der Waals surface area contributed by atoms with E-state index >= 15 is 0 Å². The quantitative estimate of drug-likeness (QED) is 0.194. The molecule has 2 atom stereocenters. The van der Waals surface area contributed by atoms with Crippen LogP contribution in [0.2, 0.25) is 0 Å². The number of aromatic hydroxyl groups is 1. The highest BCUT2D eigenvalue weighted by Gasteiger charge is 2.27. The molecule has 49 heavy (non-hydrogen) atoms. The van der Waals surface area contributed by atoms with Crippen molar-refractivity contribution >= 4 is 11.8 Å². The van der Waals surface area contributed by atoms with Gasteiger partial charge in [0.2, 0.25) is 5.88 Å². The maximum Gasteiger partial charge on any atom is 0.272 e. The lowest BCUT2D eigenvalue weighted by Crippen LogP contribution is -2.53. The van der Waals surface area contributed by atoms with Crippen molar-refractivity contribution in [2.75, 3.05) is 13.1 Å². The van der Waals surface area contributed by atoms with E-state index in [2.05, 4.69) is 50.8 Å². The topological polar surface area (TPSA) is 134 Å². The van der Waals surface area contributed by atoms with Gasteiger partial charge in [-0.25, -0.2) is 9.37 Å². The van der Waals surface area contributed by atoms with Crippen molar-refractivity contribution in [3.05, 3.63) is 89.1 Å². The van der Waals surface area contributed by atoms with E-state index in [0.29, 0.717) is 55.8 Å². The Labute approximate surface area is 285 Å². The Morgan fingerprint density at radius 1 is 0.959 bits per heavy atom. The van der Waals surface area contributed by atoms with Gasteiger partial charge in [-0.1, -0.05) is 12.1 Å². The molecule has 0 radical (unpaired) electrons. The fourth-order valence-corrected chi connectivity index (χ4v) is 6.86. The van der Waals surface area contributed by atoms with Crippen LogP contribution < -0.4 is 20.7 Å². The second-order valence-electron chi connectivity index (χ2n) is 13.5. The summed E-state index contributed by atoms with van der Waals surface area (Å²) in [6.45, 7) is 8.80. The molecule has 3 heterocycles. The van der Waals surface area contributed by atoms with Crippen molar-refractivity contribution in [3.8, 4) is 28.5 Å². The van der Waals surface area contributed by atoms with Gasteiger partial charge in [-0.2, -0.15) is 5.10 Å². The Morgan fingerprint density at radius 3 is 2.33 bits per heavy atom. The zero-order valence-corrected chi connectivity index (χ0v) is 28.4. The second kappa shape index (κ2) is 14.8. The summed E-state index contributed by atoms with van der Waals surface area (Å²) in [7, 11) is 1.80. The third-order valence-corrected chi connectivity index (χ3v) is 9.21. The molecule has 1 saturated heterocycles. The first kappa shape index (κ1) is 34.1. The van der Waals surface area contributed by atoms with E-state index in [1.165, 1.54) is 0 Å². The van der Waals surface area contributed by atoms with Crippen LogP contribution in [0.15, 0.2) is 60.8 Å². The summed E-state index contributed by atoms with van der Waals surface area (Å²) < 4.78 is 22.1. The fourth-order valence-electron chi connectivity index (χ4n) is 6.86. The van der Waals surface area contributed by atoms with Crippen LogP contribution >= 0.6 is 0 Å². The number of pyridine rings is 1. The van der Waals surface area contributed by atoms with Crippen LogP contribution in [-0.2, 0) is 13.6 Å². The van der Waals surface area contributed by atoms with E-state index in [-0.39, 0.29) is 35.2 Å². The number of amides is 2. The monoisotopic (exact) mass is 669 g/mol. The van der Waals surface area contributed by atoms with Gasteiger partial charge in [0.1, 0.15) is 28.6 Å². The lowest BCUT2D eigenvalue weighted by atomic mass is 9.91. The van der Waals surface area contributed by atoms with Gasteiger partial charge in [0, 0.05) is 56.5 Å². The van der Waals surface area contributed by atoms with Crippen molar-refractivity contribution < 1.29 is 23.8 Å². The molecule has 4 N–H and O–H groups in total. The number of aryl methyl sites for hydroxylation is 2. The van der Waals surface area contributed by atoms with Crippen LogP contribution in [0.5, 0.6) is 17.4 Å². The van der Waals surface area contributed by atoms with Gasteiger partial charge in [0.05, 0.1) is 6.20 Å². The molecule has 1 saturated carbocycles. The number of carbonyl (C=O) groups is 2. The third-order valence-electron chi connectivity index (χ3n) is 9.21. The zero-order valence-electron chi connectivity index (χ0n) is 28.4. The molecule has 12 heteroatoms. The minimum absolute atomic E-state index is 0.00882. The van der Waals surface area contributed by atoms with Crippen LogP contribution in [0.1, 0.15) is 71.6 Å². The Hall–Kier alpha value is -4.81. The molecule has 2 aromatic carbocycles. The number of nitrogens with one attached hydrogen (secondary N) is 3. The summed E-state index contributed by atoms with van der Waals surface area (Å²) >= 11 is 0. The lowest BCUT2D eigenvalue weighted by molar-refractivity contribution is 0.0887. The van der Waals surface area contributed by atoms with Gasteiger partial charge >= 0.3 is 0 Å². The number of carbonyl (C=O) groups excluding carboxylic acids is 2. The first-order valence-electron chi connectivity index (χ1n) is 16.9. The first-order valence-corrected chi connectivity index (χ1v) is 16.9. The van der Waals surface area contributed by atoms with Gasteiger partial charge in [-0.15, -0.1) is 0 Å². The highest BCUT2D eigenvalue weighted by atomic mass is 19.1. The maximum absolute atomic E-state index is 14.4. The fraction of sp³-hybridized carbons (Fsp3) is 0.405. The molecule has 2 aromatic heterocycles. The SMILES string of the molecule is Cc1cc(C(=O)N[C@H]2CC[C@H](NC(=O)c3cc(F)cnc3Oc3cccc(-c4cc(O)cc(CN5C[C@@H](C)N[C@@H](C)C5)c4)c3)CC2)nn1C. The summed E-state index contributed by atoms with van der Waals surface area (Å²) in [4.78, 5) is 32.5. The average Bonchev–Trinajstić information content (AvgIpc) is 3.40. The number of piperazine rings is 1. The summed E-state index contributed by atoms with van der Waals surface area (Å²) in [6, 6.07) is 16.3. The number of nitrogens with zero attached hydrogens (tertiary/aromatic N) is 4. The first-order chi connectivity index (χ1) is 23.5. The molecule has 2 aliphatic rings. The number of hydrogen-bond donors (Lipinski definition) is 4. The average molecular weight is 670 g/mol. The minimum Gasteiger partial charge on any atom is -0.508 e. The minimum atomic E-state index is -0.650. The molecule has 4 aromatic rings. The smallest absolute Gasteiger partial charge is 0.272 e. The Morgan fingerprint density at radius 2 is 1.65 bits per heavy atom. The molecule has 1 aliphatic carbocycles. The summed E-state index contributed by atoms with van der Waals surface area (Å²) in [5.41, 5.74) is 3.91. The molecule has 2 fully saturated rings. The van der Waals surface area contributed by atoms with Crippen molar-refractivity contribution in [1.29, 1.82) is 0 Å². The van der Waals surface area contributed by atoms with E-state index in [1.807, 2.05) is 25.1 Å². The number of hydrogen-bond acceptors (Lipinski definition) is 8. The summed E-state index contributed by atoms with van der Waals surface area (Å²) in [6.07, 6.45) is 3.69. The van der Waals surface area contributed by atoms with Crippen LogP contribution in [-0.4, -0.2) is 73.8 Å². The van der Waals surface area contributed by atoms with E-state index < -0.39 is 11.7 Å². The molecule has 2 amide bonds. The summed E-state index contributed by atoms with van der Waals surface area (Å²) in [5, 5.41) is 24.4. The highest BCUT2D eigenvalue weighted by Crippen LogP contribution is 2.32. The van der Waals surface area contributed by atoms with E-state index in [9.17, 15) is 19.1 Å². The summed E-state index contributed by atoms with van der Waals surface area (Å²) in [5.74, 6) is -0.765. The Bertz CT molecular complexity index is 1790. The largest absolute Gasteiger partial charge is 0.508 e. The Balaban J connectivity index is 1.10. The molecule has 1 aliphatic heterocycles. The second-order valence-corrected chi connectivity index (χ2v) is 13.5. The lowest BCUT2D eigenvalue weighted by Gasteiger charge is -2.36. The maximum atomic E-state index is 14.4. The molecule has 11 nitrogen and oxygen atoms in total. The van der Waals surface area contributed by atoms with Crippen LogP contribution in [0.4, 0.5) is 4.39 Å². The van der Waals surface area contributed by atoms with Gasteiger partial charge in [0.25, 0.3) is 11.8 Å². The van der Waals surface area contributed by atoms with Crippen molar-refractivity contribution in [1.82, 2.24) is 35.6 Å². The molecule has 0 unspecified atom stereocenters. The number of benzene rings is 2. The van der Waals surface area contributed by atoms with E-state index in [4.69, 9.17) is 4.74 Å². The van der Waals surface area contributed by atoms with Crippen molar-refractivity contribution in [3.63, 3.8) is 0 Å². The Kier molecular flexibility index (Phi) is 10.3. The van der Waals surface area contributed by atoms with E-state index in [1.54, 1.807) is 36.0 Å². The molecular formula is C37H44FN7O4. The van der Waals surface area contributed by atoms with E-state index in [0.717, 1.165) is 47.7 Å². The van der Waals surface area contributed by atoms with Crippen molar-refractivity contribution in [2.24, 2.45) is 7.05 Å². The number of ether oxygens (including phenoxy) is 1. The van der Waals surface area contributed by atoms with Crippen LogP contribution in [0.25, 0.3) is 11.1 Å². The molecule has 0 spiro atoms. The van der Waals surface area contributed by atoms with Crippen LogP contribution in [0.3, 0.4) is 0 Å². The normalized spacial score (nSPS) is 21.2. The van der Waals surface area contributed by atoms with Gasteiger partial charge < -0.3 is 25.8 Å². The zero-order chi connectivity index (χ0) is 34.7. The predicted octanol–water partition coefficient (Wildman–Crippen LogP) is 5.08. The number of halogens is 1. The highest BCUT2D eigenvalue weighted by molar-refractivity contribution is 5.96. The molecule has 6 rings (SSSR count). The number of rotatable bonds is 9. The molecule has 0 bridgehead atoms. The van der Waals surface area contributed by atoms with Crippen molar-refractivity contribution in [2.45, 2.75) is 77.2 Å². The molecule has 258 valence electrons. The molecular weight excluding hydrogens is 625 g/mol. The number of phenolic OH excluding ortho intramolecular Hbond substituents is 1. The van der Waals surface area contributed by atoms with Gasteiger partial charge in [0.15, 0.2) is 0 Å². The third kappa shape index (κ3) is 8.62. The number of aromatic nitrogens is 3. The van der Waals surface area contributed by atoms with Gasteiger partial charge in [-0.3, -0.25) is 19.2 Å². The predicted molar refractivity (Wildman–Crippen MR) is 184 cm³/mol. The van der Waals surface area contributed by atoms with Gasteiger partial charge in [-0.05, 0) is 106 Å². The number of phenols is 1. The van der Waals surface area contributed by atoms with Crippen LogP contribution in [0, 0.1) is 12.7 Å².